The fourth-order valence-corrected chi connectivity index (χ4v) is 6.83. The predicted molar refractivity (Wildman–Crippen MR) is 130 cm³/mol. The van der Waals surface area contributed by atoms with Gasteiger partial charge in [-0.15, -0.1) is 11.3 Å². The molecule has 0 spiro atoms. The Morgan fingerprint density at radius 3 is 2.73 bits per heavy atom. The molecular weight excluding hydrogens is 478 g/mol. The third-order valence-corrected chi connectivity index (χ3v) is 8.88. The highest BCUT2D eigenvalue weighted by Gasteiger charge is 2.30. The number of carbonyl (C=O) groups excluding carboxylic acids is 1. The maximum atomic E-state index is 13.2. The number of carbonyl (C=O) groups is 1. The van der Waals surface area contributed by atoms with Crippen LogP contribution in [0.5, 0.6) is 0 Å². The molecule has 1 fully saturated rings. The third kappa shape index (κ3) is 4.55. The van der Waals surface area contributed by atoms with Gasteiger partial charge < -0.3 is 9.47 Å². The summed E-state index contributed by atoms with van der Waals surface area (Å²) in [5.41, 5.74) is 1.89. The molecule has 33 heavy (non-hydrogen) atoms. The normalized spacial score (nSPS) is 16.5. The number of halogens is 1. The second-order valence-corrected chi connectivity index (χ2v) is 11.6. The molecule has 4 aromatic rings. The van der Waals surface area contributed by atoms with Crippen LogP contribution in [-0.2, 0) is 26.9 Å². The van der Waals surface area contributed by atoms with E-state index in [1.165, 1.54) is 11.3 Å². The first-order valence-electron chi connectivity index (χ1n) is 10.7. The molecule has 1 amide bonds. The van der Waals surface area contributed by atoms with E-state index in [1.54, 1.807) is 23.7 Å². The lowest BCUT2D eigenvalue weighted by atomic mass is 10.0. The molecule has 1 saturated heterocycles. The summed E-state index contributed by atoms with van der Waals surface area (Å²) in [6.07, 6.45) is 5.29. The molecule has 9 heteroatoms. The number of amides is 1. The Labute approximate surface area is 201 Å². The summed E-state index contributed by atoms with van der Waals surface area (Å²) in [4.78, 5) is 19.4. The number of nitrogens with zero attached hydrogens (tertiary/aromatic N) is 3. The van der Waals surface area contributed by atoms with Gasteiger partial charge in [0.2, 0.25) is 5.91 Å². The van der Waals surface area contributed by atoms with Crippen molar-refractivity contribution >= 4 is 49.6 Å². The number of sulfone groups is 1. The lowest BCUT2D eigenvalue weighted by Crippen LogP contribution is -2.33. The molecule has 0 saturated carbocycles. The Balaban J connectivity index is 1.32. The summed E-state index contributed by atoms with van der Waals surface area (Å²) in [6.45, 7) is 0.925. The van der Waals surface area contributed by atoms with Crippen molar-refractivity contribution in [2.45, 2.75) is 36.1 Å². The van der Waals surface area contributed by atoms with Crippen LogP contribution in [-0.4, -0.2) is 35.3 Å². The molecule has 1 aliphatic heterocycles. The summed E-state index contributed by atoms with van der Waals surface area (Å²) in [7, 11) is -3.46. The van der Waals surface area contributed by atoms with Crippen LogP contribution in [0.2, 0.25) is 5.02 Å². The van der Waals surface area contributed by atoms with E-state index in [0.29, 0.717) is 16.6 Å². The zero-order valence-corrected chi connectivity index (χ0v) is 20.1. The van der Waals surface area contributed by atoms with Crippen molar-refractivity contribution in [3.63, 3.8) is 0 Å². The van der Waals surface area contributed by atoms with Crippen LogP contribution in [0, 0.1) is 0 Å². The van der Waals surface area contributed by atoms with Gasteiger partial charge in [0.15, 0.2) is 9.84 Å². The molecule has 1 unspecified atom stereocenters. The number of rotatable bonds is 6. The van der Waals surface area contributed by atoms with Gasteiger partial charge in [-0.05, 0) is 54.1 Å². The molecule has 5 rings (SSSR count). The van der Waals surface area contributed by atoms with E-state index in [0.717, 1.165) is 29.3 Å². The first kappa shape index (κ1) is 22.1. The van der Waals surface area contributed by atoms with E-state index >= 15 is 0 Å². The summed E-state index contributed by atoms with van der Waals surface area (Å²) < 4.78 is 27.3. The molecule has 0 aliphatic carbocycles. The van der Waals surface area contributed by atoms with E-state index in [1.807, 2.05) is 52.1 Å². The van der Waals surface area contributed by atoms with Gasteiger partial charge >= 0.3 is 0 Å². The molecular formula is C24H22ClN3O3S2. The summed E-state index contributed by atoms with van der Waals surface area (Å²) in [6, 6.07) is 14.5. The monoisotopic (exact) mass is 499 g/mol. The van der Waals surface area contributed by atoms with E-state index < -0.39 is 9.84 Å². The second-order valence-electron chi connectivity index (χ2n) is 8.15. The number of fused-ring (bicyclic) bond motifs is 1. The molecule has 0 N–H and O–H groups in total. The van der Waals surface area contributed by atoms with Crippen LogP contribution >= 0.6 is 22.9 Å². The van der Waals surface area contributed by atoms with E-state index in [-0.39, 0.29) is 29.1 Å². The number of likely N-dealkylation sites (tertiary alicyclic amines) is 1. The van der Waals surface area contributed by atoms with Gasteiger partial charge in [-0.3, -0.25) is 4.79 Å². The number of hydrogen-bond donors (Lipinski definition) is 0. The van der Waals surface area contributed by atoms with Crippen LogP contribution in [0.15, 0.2) is 71.2 Å². The average Bonchev–Trinajstić information content (AvgIpc) is 3.55. The highest BCUT2D eigenvalue weighted by molar-refractivity contribution is 7.90. The van der Waals surface area contributed by atoms with Crippen LogP contribution in [0.25, 0.3) is 10.9 Å². The molecule has 3 heterocycles. The van der Waals surface area contributed by atoms with E-state index in [2.05, 4.69) is 4.98 Å². The van der Waals surface area contributed by atoms with Crippen molar-refractivity contribution in [1.29, 1.82) is 0 Å². The largest absolute Gasteiger partial charge is 0.338 e. The van der Waals surface area contributed by atoms with E-state index in [9.17, 15) is 13.2 Å². The Bertz CT molecular complexity index is 1400. The third-order valence-electron chi connectivity index (χ3n) is 6.04. The molecule has 170 valence electrons. The predicted octanol–water partition coefficient (Wildman–Crippen LogP) is 5.09. The Kier molecular flexibility index (Phi) is 5.99. The van der Waals surface area contributed by atoms with Crippen molar-refractivity contribution in [1.82, 2.24) is 14.5 Å². The van der Waals surface area contributed by atoms with Crippen molar-refractivity contribution in [3.8, 4) is 0 Å². The number of hydrogen-bond acceptors (Lipinski definition) is 5. The fraction of sp³-hybridized carbons (Fsp3) is 0.250. The molecule has 2 aromatic carbocycles. The van der Waals surface area contributed by atoms with Crippen LogP contribution in [0.1, 0.15) is 29.5 Å². The van der Waals surface area contributed by atoms with Crippen LogP contribution in [0.4, 0.5) is 0 Å². The number of aromatic nitrogens is 2. The van der Waals surface area contributed by atoms with Crippen molar-refractivity contribution in [2.75, 3.05) is 6.54 Å². The Morgan fingerprint density at radius 2 is 1.97 bits per heavy atom. The minimum absolute atomic E-state index is 0.0374. The molecule has 1 atom stereocenters. The highest BCUT2D eigenvalue weighted by atomic mass is 35.5. The zero-order valence-electron chi connectivity index (χ0n) is 17.7. The van der Waals surface area contributed by atoms with Gasteiger partial charge in [0, 0.05) is 34.9 Å². The maximum Gasteiger partial charge on any atom is 0.243 e. The smallest absolute Gasteiger partial charge is 0.243 e. The minimum atomic E-state index is -3.46. The lowest BCUT2D eigenvalue weighted by Gasteiger charge is -2.25. The minimum Gasteiger partial charge on any atom is -0.338 e. The zero-order chi connectivity index (χ0) is 23.0. The van der Waals surface area contributed by atoms with Crippen molar-refractivity contribution in [2.24, 2.45) is 0 Å². The topological polar surface area (TPSA) is 72.3 Å². The van der Waals surface area contributed by atoms with Gasteiger partial charge in [0.05, 0.1) is 10.9 Å². The van der Waals surface area contributed by atoms with Crippen molar-refractivity contribution in [3.05, 3.63) is 81.9 Å². The first-order valence-corrected chi connectivity index (χ1v) is 13.6. The summed E-state index contributed by atoms with van der Waals surface area (Å²) >= 11 is 7.47. The standard InChI is InChI=1S/C24H22ClN3O3S2/c25-19-6-3-18-9-12-27(22(18)14-19)15-24(29)28-11-1-2-21(28)17-4-7-20(8-5-17)33(30,31)16-23-26-10-13-32-23/h3-10,12-14,21H,1-2,11,15-16H2. The maximum absolute atomic E-state index is 13.2. The van der Waals surface area contributed by atoms with Crippen LogP contribution in [0.3, 0.4) is 0 Å². The lowest BCUT2D eigenvalue weighted by molar-refractivity contribution is -0.132. The quantitative estimate of drug-likeness (QED) is 0.370. The molecule has 2 aromatic heterocycles. The second kappa shape index (κ2) is 8.93. The Morgan fingerprint density at radius 1 is 1.15 bits per heavy atom. The summed E-state index contributed by atoms with van der Waals surface area (Å²) in [5, 5.41) is 4.02. The van der Waals surface area contributed by atoms with Crippen LogP contribution < -0.4 is 0 Å². The van der Waals surface area contributed by atoms with Gasteiger partial charge in [-0.25, -0.2) is 13.4 Å². The Hall–Kier alpha value is -2.68. The SMILES string of the molecule is O=C(Cn1ccc2ccc(Cl)cc21)N1CCCC1c1ccc(S(=O)(=O)Cc2nccs2)cc1. The molecule has 0 bridgehead atoms. The van der Waals surface area contributed by atoms with Gasteiger partial charge in [0.1, 0.15) is 17.3 Å². The van der Waals surface area contributed by atoms with Gasteiger partial charge in [-0.2, -0.15) is 0 Å². The van der Waals surface area contributed by atoms with Gasteiger partial charge in [0.25, 0.3) is 0 Å². The molecule has 6 nitrogen and oxygen atoms in total. The first-order chi connectivity index (χ1) is 15.9. The van der Waals surface area contributed by atoms with Crippen molar-refractivity contribution < 1.29 is 13.2 Å². The van der Waals surface area contributed by atoms with E-state index in [4.69, 9.17) is 11.6 Å². The molecule has 1 aliphatic rings. The number of benzene rings is 2. The average molecular weight is 500 g/mol. The molecule has 0 radical (unpaired) electrons. The fourth-order valence-electron chi connectivity index (χ4n) is 4.41. The number of thiazole rings is 1. The highest BCUT2D eigenvalue weighted by Crippen LogP contribution is 2.33. The van der Waals surface area contributed by atoms with Gasteiger partial charge in [-0.1, -0.05) is 29.8 Å². The summed E-state index contributed by atoms with van der Waals surface area (Å²) in [5.74, 6) is -0.0668.